The fourth-order valence-electron chi connectivity index (χ4n) is 3.69. The lowest BCUT2D eigenvalue weighted by Crippen LogP contribution is -2.54. The summed E-state index contributed by atoms with van der Waals surface area (Å²) >= 11 is 0. The molecule has 2 saturated heterocycles. The van der Waals surface area contributed by atoms with Crippen molar-refractivity contribution in [1.29, 1.82) is 0 Å². The maximum absolute atomic E-state index is 13.1. The SMILES string of the molecule is Cl.Cl.O=C(C1CC(F)(F)CN1)N1CCN(C2CCCC2)CC1. The van der Waals surface area contributed by atoms with Gasteiger partial charge in [-0.3, -0.25) is 15.0 Å². The highest BCUT2D eigenvalue weighted by Gasteiger charge is 2.44. The Morgan fingerprint density at radius 3 is 2.14 bits per heavy atom. The minimum absolute atomic E-state index is 0. The largest absolute Gasteiger partial charge is 0.339 e. The van der Waals surface area contributed by atoms with E-state index in [1.165, 1.54) is 25.7 Å². The highest BCUT2D eigenvalue weighted by molar-refractivity contribution is 5.85. The number of nitrogens with zero attached hydrogens (tertiary/aromatic N) is 2. The normalized spacial score (nSPS) is 29.0. The number of hydrogen-bond acceptors (Lipinski definition) is 3. The summed E-state index contributed by atoms with van der Waals surface area (Å²) in [6, 6.07) is -0.00998. The maximum Gasteiger partial charge on any atom is 0.262 e. The van der Waals surface area contributed by atoms with E-state index in [4.69, 9.17) is 0 Å². The molecule has 0 aromatic carbocycles. The molecule has 1 atom stereocenters. The third kappa shape index (κ3) is 4.43. The molecule has 22 heavy (non-hydrogen) atoms. The van der Waals surface area contributed by atoms with Gasteiger partial charge in [-0.05, 0) is 12.8 Å². The number of nitrogens with one attached hydrogen (secondary N) is 1. The Kier molecular flexibility index (Phi) is 7.30. The van der Waals surface area contributed by atoms with Gasteiger partial charge in [-0.25, -0.2) is 8.78 Å². The molecule has 3 rings (SSSR count). The monoisotopic (exact) mass is 359 g/mol. The van der Waals surface area contributed by atoms with Crippen LogP contribution >= 0.6 is 24.8 Å². The molecule has 3 fully saturated rings. The van der Waals surface area contributed by atoms with Crippen LogP contribution in [0, 0.1) is 0 Å². The summed E-state index contributed by atoms with van der Waals surface area (Å²) in [4.78, 5) is 16.4. The van der Waals surface area contributed by atoms with Crippen molar-refractivity contribution < 1.29 is 13.6 Å². The molecule has 3 aliphatic rings. The lowest BCUT2D eigenvalue weighted by molar-refractivity contribution is -0.135. The minimum atomic E-state index is -2.73. The minimum Gasteiger partial charge on any atom is -0.339 e. The number of carbonyl (C=O) groups is 1. The Morgan fingerprint density at radius 1 is 1.05 bits per heavy atom. The average molecular weight is 360 g/mol. The van der Waals surface area contributed by atoms with Crippen LogP contribution in [-0.4, -0.2) is 66.4 Å². The molecule has 0 aromatic heterocycles. The highest BCUT2D eigenvalue weighted by atomic mass is 35.5. The first-order valence-corrected chi connectivity index (χ1v) is 7.69. The fraction of sp³-hybridized carbons (Fsp3) is 0.929. The zero-order valence-electron chi connectivity index (χ0n) is 12.6. The van der Waals surface area contributed by atoms with Crippen molar-refractivity contribution in [2.45, 2.75) is 50.1 Å². The number of piperazine rings is 1. The summed E-state index contributed by atoms with van der Waals surface area (Å²) in [6.45, 7) is 2.77. The molecule has 8 heteroatoms. The Hall–Kier alpha value is -0.170. The Bertz CT molecular complexity index is 373. The summed E-state index contributed by atoms with van der Waals surface area (Å²) in [7, 11) is 0. The van der Waals surface area contributed by atoms with Gasteiger partial charge in [0.25, 0.3) is 5.92 Å². The van der Waals surface area contributed by atoms with Crippen LogP contribution < -0.4 is 5.32 Å². The maximum atomic E-state index is 13.1. The summed E-state index contributed by atoms with van der Waals surface area (Å²) in [5.41, 5.74) is 0. The van der Waals surface area contributed by atoms with Crippen molar-refractivity contribution in [3.05, 3.63) is 0 Å². The molecule has 0 spiro atoms. The first kappa shape index (κ1) is 19.9. The van der Waals surface area contributed by atoms with E-state index in [2.05, 4.69) is 10.2 Å². The van der Waals surface area contributed by atoms with Crippen molar-refractivity contribution >= 4 is 30.7 Å². The number of alkyl halides is 2. The lowest BCUT2D eigenvalue weighted by atomic mass is 10.1. The third-order valence-corrected chi connectivity index (χ3v) is 4.87. The van der Waals surface area contributed by atoms with E-state index in [0.29, 0.717) is 19.1 Å². The van der Waals surface area contributed by atoms with Gasteiger partial charge in [0.1, 0.15) is 0 Å². The number of hydrogen-bond donors (Lipinski definition) is 1. The second kappa shape index (κ2) is 8.08. The van der Waals surface area contributed by atoms with E-state index >= 15 is 0 Å². The van der Waals surface area contributed by atoms with Crippen LogP contribution in [0.2, 0.25) is 0 Å². The van der Waals surface area contributed by atoms with Crippen LogP contribution in [0.1, 0.15) is 32.1 Å². The van der Waals surface area contributed by atoms with Gasteiger partial charge in [0, 0.05) is 38.6 Å². The molecule has 1 N–H and O–H groups in total. The summed E-state index contributed by atoms with van der Waals surface area (Å²) < 4.78 is 26.3. The van der Waals surface area contributed by atoms with Crippen LogP contribution in [0.3, 0.4) is 0 Å². The zero-order valence-corrected chi connectivity index (χ0v) is 14.2. The predicted molar refractivity (Wildman–Crippen MR) is 86.3 cm³/mol. The number of halogens is 4. The lowest BCUT2D eigenvalue weighted by Gasteiger charge is -2.38. The molecule has 1 unspecified atom stereocenters. The molecular formula is C14H25Cl2F2N3O. The molecule has 1 amide bonds. The second-order valence-electron chi connectivity index (χ2n) is 6.29. The molecule has 1 aliphatic carbocycles. The van der Waals surface area contributed by atoms with E-state index < -0.39 is 12.0 Å². The van der Waals surface area contributed by atoms with E-state index in [1.54, 1.807) is 4.90 Å². The van der Waals surface area contributed by atoms with Gasteiger partial charge in [-0.15, -0.1) is 24.8 Å². The van der Waals surface area contributed by atoms with Crippen LogP contribution in [0.5, 0.6) is 0 Å². The molecule has 4 nitrogen and oxygen atoms in total. The molecule has 0 bridgehead atoms. The number of rotatable bonds is 2. The summed E-state index contributed by atoms with van der Waals surface area (Å²) in [5, 5.41) is 2.66. The van der Waals surface area contributed by atoms with Crippen molar-refractivity contribution in [1.82, 2.24) is 15.1 Å². The topological polar surface area (TPSA) is 35.6 Å². The Morgan fingerprint density at radius 2 is 1.64 bits per heavy atom. The molecule has 1 saturated carbocycles. The average Bonchev–Trinajstić information content (AvgIpc) is 3.07. The first-order valence-electron chi connectivity index (χ1n) is 7.69. The van der Waals surface area contributed by atoms with Gasteiger partial charge in [-0.1, -0.05) is 12.8 Å². The summed E-state index contributed by atoms with van der Waals surface area (Å²) in [5.74, 6) is -2.88. The number of amides is 1. The van der Waals surface area contributed by atoms with Crippen LogP contribution in [0.4, 0.5) is 8.78 Å². The Balaban J connectivity index is 0.00000121. The van der Waals surface area contributed by atoms with E-state index in [0.717, 1.165) is 13.1 Å². The van der Waals surface area contributed by atoms with E-state index in [-0.39, 0.29) is 43.7 Å². The van der Waals surface area contributed by atoms with Gasteiger partial charge in [-0.2, -0.15) is 0 Å². The molecule has 130 valence electrons. The number of carbonyl (C=O) groups excluding carboxylic acids is 1. The second-order valence-corrected chi connectivity index (χ2v) is 6.29. The van der Waals surface area contributed by atoms with E-state index in [9.17, 15) is 13.6 Å². The highest BCUT2D eigenvalue weighted by Crippen LogP contribution is 2.27. The smallest absolute Gasteiger partial charge is 0.262 e. The fourth-order valence-corrected chi connectivity index (χ4v) is 3.69. The third-order valence-electron chi connectivity index (χ3n) is 4.87. The van der Waals surface area contributed by atoms with Crippen LogP contribution in [0.25, 0.3) is 0 Å². The Labute approximate surface area is 142 Å². The van der Waals surface area contributed by atoms with Crippen molar-refractivity contribution in [3.63, 3.8) is 0 Å². The van der Waals surface area contributed by atoms with Crippen molar-refractivity contribution in [2.24, 2.45) is 0 Å². The van der Waals surface area contributed by atoms with Gasteiger partial charge >= 0.3 is 0 Å². The molecular weight excluding hydrogens is 335 g/mol. The summed E-state index contributed by atoms with van der Waals surface area (Å²) in [6.07, 6.45) is 4.80. The molecule has 0 aromatic rings. The standard InChI is InChI=1S/C14H23F2N3O.2ClH/c15-14(16)9-12(17-10-14)13(20)19-7-5-18(6-8-19)11-3-1-2-4-11;;/h11-12,17H,1-10H2;2*1H. The van der Waals surface area contributed by atoms with Gasteiger partial charge in [0.15, 0.2) is 0 Å². The van der Waals surface area contributed by atoms with Crippen molar-refractivity contribution in [3.8, 4) is 0 Å². The van der Waals surface area contributed by atoms with Gasteiger partial charge < -0.3 is 4.90 Å². The zero-order chi connectivity index (χ0) is 14.2. The predicted octanol–water partition coefficient (Wildman–Crippen LogP) is 1.91. The molecule has 2 aliphatic heterocycles. The first-order chi connectivity index (χ1) is 9.55. The van der Waals surface area contributed by atoms with Gasteiger partial charge in [0.05, 0.1) is 12.6 Å². The van der Waals surface area contributed by atoms with Crippen LogP contribution in [-0.2, 0) is 4.79 Å². The quantitative estimate of drug-likeness (QED) is 0.817. The molecule has 0 radical (unpaired) electrons. The molecule has 2 heterocycles. The van der Waals surface area contributed by atoms with Crippen molar-refractivity contribution in [2.75, 3.05) is 32.7 Å². The van der Waals surface area contributed by atoms with E-state index in [1.807, 2.05) is 0 Å². The van der Waals surface area contributed by atoms with Crippen LogP contribution in [0.15, 0.2) is 0 Å². The van der Waals surface area contributed by atoms with Gasteiger partial charge in [0.2, 0.25) is 5.91 Å².